The second kappa shape index (κ2) is 3.32. The predicted molar refractivity (Wildman–Crippen MR) is 30.3 cm³/mol. The third-order valence-corrected chi connectivity index (χ3v) is 0.926. The zero-order valence-corrected chi connectivity index (χ0v) is 5.63. The van der Waals surface area contributed by atoms with Crippen LogP contribution in [0.3, 0.4) is 0 Å². The first kappa shape index (κ1) is 7.30. The van der Waals surface area contributed by atoms with Crippen LogP contribution in [0.2, 0.25) is 0 Å². The van der Waals surface area contributed by atoms with E-state index in [-0.39, 0.29) is 4.38 Å². The van der Waals surface area contributed by atoms with Crippen LogP contribution in [-0.2, 0) is 9.09 Å². The van der Waals surface area contributed by atoms with E-state index in [1.165, 1.54) is 0 Å². The minimum atomic E-state index is -2.86. The maximum Gasteiger partial charge on any atom is 0.540 e. The molecule has 3 nitrogen and oxygen atoms in total. The van der Waals surface area contributed by atoms with Crippen molar-refractivity contribution in [1.82, 2.24) is 0 Å². The van der Waals surface area contributed by atoms with Gasteiger partial charge in [0.2, 0.25) is 0 Å². The van der Waals surface area contributed by atoms with Crippen LogP contribution in [-0.4, -0.2) is 4.38 Å². The molecule has 0 bridgehead atoms. The third kappa shape index (κ3) is 6.30. The smallest absolute Gasteiger partial charge is 0.540 e. The van der Waals surface area contributed by atoms with Gasteiger partial charge in [-0.1, -0.05) is 12.6 Å². The molecule has 0 aliphatic heterocycles. The van der Waals surface area contributed by atoms with Crippen LogP contribution in [0.4, 0.5) is 0 Å². The lowest BCUT2D eigenvalue weighted by atomic mass is 11.7. The molecule has 0 aliphatic rings. The van der Waals surface area contributed by atoms with Gasteiger partial charge >= 0.3 is 8.25 Å². The van der Waals surface area contributed by atoms with Crippen molar-refractivity contribution in [3.63, 3.8) is 0 Å². The van der Waals surface area contributed by atoms with Crippen molar-refractivity contribution in [3.05, 3.63) is 0 Å². The first-order valence-electron chi connectivity index (χ1n) is 1.18. The SMILES string of the molecule is O=[P+]([O-])OC(=S)S. The number of thiol groups is 1. The lowest BCUT2D eigenvalue weighted by Crippen LogP contribution is -1.91. The molecule has 0 fully saturated rings. The van der Waals surface area contributed by atoms with Crippen molar-refractivity contribution in [2.45, 2.75) is 0 Å². The van der Waals surface area contributed by atoms with Crippen molar-refractivity contribution < 1.29 is 14.0 Å². The molecule has 0 spiro atoms. The topological polar surface area (TPSA) is 49.4 Å². The first-order chi connectivity index (χ1) is 3.13. The zero-order valence-electron chi connectivity index (χ0n) is 3.03. The highest BCUT2D eigenvalue weighted by Gasteiger charge is 2.00. The first-order valence-corrected chi connectivity index (χ1v) is 3.13. The van der Waals surface area contributed by atoms with Gasteiger partial charge < -0.3 is 4.89 Å². The maximum atomic E-state index is 9.49. The second-order valence-corrected chi connectivity index (χ2v) is 2.29. The Hall–Kier alpha value is 0.300. The van der Waals surface area contributed by atoms with E-state index < -0.39 is 8.25 Å². The lowest BCUT2D eigenvalue weighted by Gasteiger charge is -1.82. The summed E-state index contributed by atoms with van der Waals surface area (Å²) in [6, 6.07) is 0. The minimum absolute atomic E-state index is 0.281. The highest BCUT2D eigenvalue weighted by molar-refractivity contribution is 8.10. The summed E-state index contributed by atoms with van der Waals surface area (Å²) in [5.74, 6) is 0. The fraction of sp³-hybridized carbons (Fsp3) is 0. The molecule has 0 rings (SSSR count). The van der Waals surface area contributed by atoms with Crippen LogP contribution in [0, 0.1) is 0 Å². The molecule has 40 valence electrons. The maximum absolute atomic E-state index is 9.49. The summed E-state index contributed by atoms with van der Waals surface area (Å²) in [5.41, 5.74) is 0. The Balaban J connectivity index is 3.32. The molecule has 7 heavy (non-hydrogen) atoms. The molecule has 0 aromatic heterocycles. The van der Waals surface area contributed by atoms with Crippen LogP contribution in [0.5, 0.6) is 0 Å². The van der Waals surface area contributed by atoms with Gasteiger partial charge in [-0.25, -0.2) is 4.52 Å². The summed E-state index contributed by atoms with van der Waals surface area (Å²) < 4.78 is 13.0. The number of thiocarbonyl (C=S) groups is 1. The van der Waals surface area contributed by atoms with Crippen LogP contribution < -0.4 is 4.89 Å². The fourth-order valence-electron chi connectivity index (χ4n) is 0.0638. The monoisotopic (exact) mass is 156 g/mol. The number of rotatable bonds is 1. The fourth-order valence-corrected chi connectivity index (χ4v) is 0.574. The second-order valence-electron chi connectivity index (χ2n) is 0.581. The van der Waals surface area contributed by atoms with Crippen molar-refractivity contribution in [1.29, 1.82) is 0 Å². The highest BCUT2D eigenvalue weighted by atomic mass is 32.1. The van der Waals surface area contributed by atoms with Crippen molar-refractivity contribution >= 4 is 37.5 Å². The van der Waals surface area contributed by atoms with E-state index in [1.54, 1.807) is 0 Å². The van der Waals surface area contributed by atoms with Crippen LogP contribution in [0.25, 0.3) is 0 Å². The van der Waals surface area contributed by atoms with Gasteiger partial charge in [0.25, 0.3) is 4.38 Å². The normalized spacial score (nSPS) is 10.3. The van der Waals surface area contributed by atoms with E-state index in [2.05, 4.69) is 29.4 Å². The van der Waals surface area contributed by atoms with Gasteiger partial charge in [0.05, 0.1) is 0 Å². The van der Waals surface area contributed by atoms with E-state index in [1.807, 2.05) is 0 Å². The quantitative estimate of drug-likeness (QED) is 0.335. The van der Waals surface area contributed by atoms with E-state index in [9.17, 15) is 9.46 Å². The molecule has 0 radical (unpaired) electrons. The average Bonchev–Trinajstić information content (AvgIpc) is 1.27. The molecule has 0 aromatic carbocycles. The molecule has 6 heteroatoms. The summed E-state index contributed by atoms with van der Waals surface area (Å²) in [6.45, 7) is 0. The Bertz CT molecular complexity index is 89.1. The summed E-state index contributed by atoms with van der Waals surface area (Å²) in [6.07, 6.45) is 0. The number of hydrogen-bond donors (Lipinski definition) is 1. The molecule has 0 N–H and O–H groups in total. The van der Waals surface area contributed by atoms with Crippen LogP contribution in [0.15, 0.2) is 0 Å². The van der Waals surface area contributed by atoms with Crippen molar-refractivity contribution in [2.24, 2.45) is 0 Å². The molecular formula is CHO3PS2. The van der Waals surface area contributed by atoms with Gasteiger partial charge in [-0.05, 0) is 16.8 Å². The Kier molecular flexibility index (Phi) is 3.46. The molecule has 0 saturated heterocycles. The largest absolute Gasteiger partial charge is 0.558 e. The van der Waals surface area contributed by atoms with Gasteiger partial charge in [-0.15, -0.1) is 0 Å². The van der Waals surface area contributed by atoms with Gasteiger partial charge in [-0.2, -0.15) is 0 Å². The summed E-state index contributed by atoms with van der Waals surface area (Å²) in [4.78, 5) is 9.49. The Morgan fingerprint density at radius 1 is 2.00 bits per heavy atom. The molecule has 0 saturated carbocycles. The van der Waals surface area contributed by atoms with E-state index in [0.717, 1.165) is 0 Å². The average molecular weight is 156 g/mol. The van der Waals surface area contributed by atoms with Gasteiger partial charge in [0, 0.05) is 0 Å². The molecule has 0 amide bonds. The third-order valence-electron chi connectivity index (χ3n) is 0.153. The minimum Gasteiger partial charge on any atom is -0.558 e. The summed E-state index contributed by atoms with van der Waals surface area (Å²) in [5, 5.41) is 0. The zero-order chi connectivity index (χ0) is 5.86. The van der Waals surface area contributed by atoms with Crippen molar-refractivity contribution in [3.8, 4) is 0 Å². The summed E-state index contributed by atoms with van der Waals surface area (Å²) >= 11 is 7.49. The molecule has 1 unspecified atom stereocenters. The molecule has 0 heterocycles. The van der Waals surface area contributed by atoms with E-state index in [0.29, 0.717) is 0 Å². The summed E-state index contributed by atoms with van der Waals surface area (Å²) in [7, 11) is -2.86. The standard InChI is InChI=1S/CHO3PS2/c2-5(3)4-1(6)7/h(H,6,7). The number of hydrogen-bond acceptors (Lipinski definition) is 4. The highest BCUT2D eigenvalue weighted by Crippen LogP contribution is 2.10. The van der Waals surface area contributed by atoms with Gasteiger partial charge in [-0.3, -0.25) is 0 Å². The van der Waals surface area contributed by atoms with Crippen LogP contribution in [0.1, 0.15) is 0 Å². The molecule has 0 aliphatic carbocycles. The van der Waals surface area contributed by atoms with E-state index in [4.69, 9.17) is 0 Å². The Morgan fingerprint density at radius 3 is 2.43 bits per heavy atom. The van der Waals surface area contributed by atoms with Gasteiger partial charge in [0.15, 0.2) is 0 Å². The Labute approximate surface area is 52.0 Å². The van der Waals surface area contributed by atoms with Crippen LogP contribution >= 0.6 is 33.1 Å². The Morgan fingerprint density at radius 2 is 2.43 bits per heavy atom. The predicted octanol–water partition coefficient (Wildman–Crippen LogP) is 0.235. The van der Waals surface area contributed by atoms with Gasteiger partial charge in [0.1, 0.15) is 0 Å². The lowest BCUT2D eigenvalue weighted by molar-refractivity contribution is -0.179. The molecule has 0 aromatic rings. The van der Waals surface area contributed by atoms with Crippen molar-refractivity contribution in [2.75, 3.05) is 0 Å². The molecular weight excluding hydrogens is 155 g/mol. The molecule has 1 atom stereocenters. The van der Waals surface area contributed by atoms with E-state index >= 15 is 0 Å².